The van der Waals surface area contributed by atoms with E-state index in [-0.39, 0.29) is 15.6 Å². The third kappa shape index (κ3) is 4.83. The molecule has 0 spiro atoms. The summed E-state index contributed by atoms with van der Waals surface area (Å²) in [5.74, 6) is 0.490. The molecule has 2 aromatic carbocycles. The van der Waals surface area contributed by atoms with E-state index in [9.17, 15) is 17.6 Å². The number of methoxy groups -OCH3 is 2. The van der Waals surface area contributed by atoms with Crippen LogP contribution in [-0.2, 0) is 6.18 Å². The number of hydrogen-bond acceptors (Lipinski definition) is 6. The van der Waals surface area contributed by atoms with Crippen molar-refractivity contribution in [1.82, 2.24) is 4.98 Å². The highest BCUT2D eigenvalue weighted by atomic mass is 32.1. The summed E-state index contributed by atoms with van der Waals surface area (Å²) >= 11 is 0.771. The van der Waals surface area contributed by atoms with Crippen molar-refractivity contribution in [3.63, 3.8) is 0 Å². The Morgan fingerprint density at radius 2 is 1.72 bits per heavy atom. The van der Waals surface area contributed by atoms with Gasteiger partial charge in [-0.2, -0.15) is 18.3 Å². The molecule has 1 aromatic heterocycles. The van der Waals surface area contributed by atoms with Crippen molar-refractivity contribution in [3.8, 4) is 21.9 Å². The fourth-order valence-corrected chi connectivity index (χ4v) is 3.39. The van der Waals surface area contributed by atoms with Crippen molar-refractivity contribution < 1.29 is 27.0 Å². The van der Waals surface area contributed by atoms with Crippen molar-refractivity contribution >= 4 is 22.7 Å². The fourth-order valence-electron chi connectivity index (χ4n) is 2.45. The summed E-state index contributed by atoms with van der Waals surface area (Å²) in [4.78, 5) is 3.48. The molecular weight excluding hydrogens is 410 g/mol. The Morgan fingerprint density at radius 1 is 1.03 bits per heavy atom. The van der Waals surface area contributed by atoms with E-state index in [2.05, 4.69) is 15.5 Å². The van der Waals surface area contributed by atoms with Crippen LogP contribution in [0.2, 0.25) is 0 Å². The first-order chi connectivity index (χ1) is 13.8. The lowest BCUT2D eigenvalue weighted by Gasteiger charge is -2.07. The number of thiazole rings is 1. The number of hydrogen-bond donors (Lipinski definition) is 1. The number of hydrazone groups is 1. The molecule has 0 bridgehead atoms. The van der Waals surface area contributed by atoms with Crippen LogP contribution in [0.25, 0.3) is 10.4 Å². The molecule has 29 heavy (non-hydrogen) atoms. The maximum Gasteiger partial charge on any atom is 0.434 e. The summed E-state index contributed by atoms with van der Waals surface area (Å²) in [7, 11) is 2.99. The van der Waals surface area contributed by atoms with Crippen LogP contribution in [0.1, 0.15) is 11.3 Å². The summed E-state index contributed by atoms with van der Waals surface area (Å²) in [6, 6.07) is 9.78. The number of nitrogens with zero attached hydrogens (tertiary/aromatic N) is 2. The molecule has 0 unspecified atom stereocenters. The zero-order valence-corrected chi connectivity index (χ0v) is 16.1. The first kappa shape index (κ1) is 20.6. The van der Waals surface area contributed by atoms with Crippen LogP contribution >= 0.6 is 11.3 Å². The van der Waals surface area contributed by atoms with Gasteiger partial charge in [0.25, 0.3) is 0 Å². The highest BCUT2D eigenvalue weighted by molar-refractivity contribution is 7.19. The van der Waals surface area contributed by atoms with Gasteiger partial charge in [-0.15, -0.1) is 0 Å². The lowest BCUT2D eigenvalue weighted by molar-refractivity contribution is -0.140. The lowest BCUT2D eigenvalue weighted by Crippen LogP contribution is -2.07. The normalized spacial score (nSPS) is 11.7. The van der Waals surface area contributed by atoms with Gasteiger partial charge < -0.3 is 9.47 Å². The van der Waals surface area contributed by atoms with E-state index in [1.807, 2.05) is 0 Å². The molecule has 0 saturated heterocycles. The Balaban J connectivity index is 1.84. The van der Waals surface area contributed by atoms with Gasteiger partial charge in [0.15, 0.2) is 17.2 Å². The summed E-state index contributed by atoms with van der Waals surface area (Å²) in [6.45, 7) is 0. The second-order valence-corrected chi connectivity index (χ2v) is 6.68. The second-order valence-electron chi connectivity index (χ2n) is 5.69. The van der Waals surface area contributed by atoms with Gasteiger partial charge >= 0.3 is 6.18 Å². The van der Waals surface area contributed by atoms with Gasteiger partial charge in [0.2, 0.25) is 5.13 Å². The van der Waals surface area contributed by atoms with Crippen molar-refractivity contribution in [2.24, 2.45) is 5.10 Å². The molecule has 0 aliphatic heterocycles. The fraction of sp³-hybridized carbons (Fsp3) is 0.158. The van der Waals surface area contributed by atoms with Gasteiger partial charge in [-0.05, 0) is 41.5 Å². The van der Waals surface area contributed by atoms with Crippen LogP contribution in [0.5, 0.6) is 11.5 Å². The van der Waals surface area contributed by atoms with Gasteiger partial charge in [-0.1, -0.05) is 23.5 Å². The smallest absolute Gasteiger partial charge is 0.434 e. The molecule has 1 N–H and O–H groups in total. The van der Waals surface area contributed by atoms with E-state index in [1.54, 1.807) is 18.2 Å². The molecular formula is C19H15F4N3O2S. The number of anilines is 1. The Morgan fingerprint density at radius 3 is 2.34 bits per heavy atom. The minimum Gasteiger partial charge on any atom is -0.493 e. The van der Waals surface area contributed by atoms with E-state index in [1.165, 1.54) is 32.6 Å². The second kappa shape index (κ2) is 8.48. The molecule has 5 nitrogen and oxygen atoms in total. The van der Waals surface area contributed by atoms with Gasteiger partial charge in [0, 0.05) is 0 Å². The quantitative estimate of drug-likeness (QED) is 0.325. The van der Waals surface area contributed by atoms with Gasteiger partial charge in [0.05, 0.1) is 25.3 Å². The van der Waals surface area contributed by atoms with E-state index < -0.39 is 17.7 Å². The third-order valence-corrected chi connectivity index (χ3v) is 4.79. The number of benzene rings is 2. The average molecular weight is 425 g/mol. The molecule has 1 heterocycles. The third-order valence-electron chi connectivity index (χ3n) is 3.78. The number of rotatable bonds is 6. The van der Waals surface area contributed by atoms with Gasteiger partial charge in [0.1, 0.15) is 5.82 Å². The molecule has 0 amide bonds. The van der Waals surface area contributed by atoms with E-state index in [0.29, 0.717) is 17.1 Å². The zero-order chi connectivity index (χ0) is 21.0. The maximum atomic E-state index is 13.3. The molecule has 0 aliphatic rings. The lowest BCUT2D eigenvalue weighted by atomic mass is 10.1. The maximum absolute atomic E-state index is 13.3. The summed E-state index contributed by atoms with van der Waals surface area (Å²) in [5.41, 5.74) is 2.30. The largest absolute Gasteiger partial charge is 0.493 e. The molecule has 152 valence electrons. The number of nitrogens with one attached hydrogen (secondary N) is 1. The van der Waals surface area contributed by atoms with Crippen LogP contribution in [0.15, 0.2) is 47.6 Å². The van der Waals surface area contributed by atoms with Crippen LogP contribution in [0.4, 0.5) is 22.7 Å². The zero-order valence-electron chi connectivity index (χ0n) is 15.2. The number of alkyl halides is 3. The highest BCUT2D eigenvalue weighted by Crippen LogP contribution is 2.42. The molecule has 3 rings (SSSR count). The Hall–Kier alpha value is -3.14. The summed E-state index contributed by atoms with van der Waals surface area (Å²) < 4.78 is 63.5. The molecule has 3 aromatic rings. The highest BCUT2D eigenvalue weighted by Gasteiger charge is 2.38. The standard InChI is InChI=1S/C19H15F4N3O2S/c1-27-14-8-3-11(9-15(14)28-2)10-24-26-18-25-17(19(21,22)23)16(29-18)12-4-6-13(20)7-5-12/h3-10H,1-2H3,(H,25,26). The SMILES string of the molecule is COc1ccc(C=NNc2nc(C(F)(F)F)c(-c3ccc(F)cc3)s2)cc1OC. The predicted molar refractivity (Wildman–Crippen MR) is 103 cm³/mol. The van der Waals surface area contributed by atoms with Crippen LogP contribution in [-0.4, -0.2) is 25.4 Å². The molecule has 0 fully saturated rings. The average Bonchev–Trinajstić information content (AvgIpc) is 3.13. The molecule has 0 atom stereocenters. The Labute approximate surface area is 167 Å². The van der Waals surface area contributed by atoms with Crippen LogP contribution < -0.4 is 14.9 Å². The van der Waals surface area contributed by atoms with Crippen LogP contribution in [0, 0.1) is 5.82 Å². The predicted octanol–water partition coefficient (Wildman–Crippen LogP) is 5.43. The molecule has 0 aliphatic carbocycles. The number of ether oxygens (including phenoxy) is 2. The first-order valence-electron chi connectivity index (χ1n) is 8.17. The summed E-state index contributed by atoms with van der Waals surface area (Å²) in [5, 5.41) is 3.89. The monoisotopic (exact) mass is 425 g/mol. The Kier molecular flexibility index (Phi) is 6.02. The van der Waals surface area contributed by atoms with Crippen molar-refractivity contribution in [2.75, 3.05) is 19.6 Å². The molecule has 10 heteroatoms. The number of halogens is 4. The number of aromatic nitrogens is 1. The van der Waals surface area contributed by atoms with Crippen molar-refractivity contribution in [2.45, 2.75) is 6.18 Å². The van der Waals surface area contributed by atoms with Crippen molar-refractivity contribution in [1.29, 1.82) is 0 Å². The van der Waals surface area contributed by atoms with E-state index >= 15 is 0 Å². The first-order valence-corrected chi connectivity index (χ1v) is 8.98. The van der Waals surface area contributed by atoms with E-state index in [0.717, 1.165) is 23.5 Å². The Bertz CT molecular complexity index is 1020. The van der Waals surface area contributed by atoms with Gasteiger partial charge in [-0.3, -0.25) is 5.43 Å². The molecule has 0 radical (unpaired) electrons. The molecule has 0 saturated carbocycles. The minimum absolute atomic E-state index is 0.0478. The van der Waals surface area contributed by atoms with Crippen LogP contribution in [0.3, 0.4) is 0 Å². The minimum atomic E-state index is -4.66. The van der Waals surface area contributed by atoms with Gasteiger partial charge in [-0.25, -0.2) is 9.37 Å². The van der Waals surface area contributed by atoms with Crippen molar-refractivity contribution in [3.05, 3.63) is 59.5 Å². The topological polar surface area (TPSA) is 55.7 Å². The summed E-state index contributed by atoms with van der Waals surface area (Å²) in [6.07, 6.45) is -3.25. The van der Waals surface area contributed by atoms with E-state index in [4.69, 9.17) is 9.47 Å².